The zero-order chi connectivity index (χ0) is 43.0. The van der Waals surface area contributed by atoms with Crippen LogP contribution in [0.5, 0.6) is 0 Å². The second-order valence-corrected chi connectivity index (χ2v) is 15.7. The van der Waals surface area contributed by atoms with E-state index >= 15 is 0 Å². The van der Waals surface area contributed by atoms with Gasteiger partial charge in [-0.2, -0.15) is 0 Å². The Hall–Kier alpha value is -3.41. The molecule has 336 valence electrons. The molecule has 0 spiro atoms. The minimum absolute atomic E-state index is 0.109. The summed E-state index contributed by atoms with van der Waals surface area (Å²) in [6.07, 6.45) is 60.0. The maximum Gasteiger partial charge on any atom is 0.306 e. The standard InChI is InChI=1S/C53H88O6/c1-4-7-10-13-16-19-21-23-25-26-28-29-31-34-37-40-43-46-52(55)58-49-50(48-57-51(54)45-42-39-36-33-18-15-12-9-6-3)59-53(56)47-44-41-38-35-32-30-27-24-22-20-17-14-11-8-5-2/h16-17,19-20,23-25,27-29,32,34-35,37,50H,4-15,18,21-22,26,30-31,33,36,38-49H2,1-3H3/b19-16-,20-17-,25-23-,27-24-,29-28-,35-32-,37-34-/t50-/m1/s1. The highest BCUT2D eigenvalue weighted by Crippen LogP contribution is 2.12. The maximum atomic E-state index is 12.7. The van der Waals surface area contributed by atoms with Crippen LogP contribution >= 0.6 is 0 Å². The van der Waals surface area contributed by atoms with Gasteiger partial charge in [-0.25, -0.2) is 0 Å². The van der Waals surface area contributed by atoms with Crippen LogP contribution in [-0.2, 0) is 28.6 Å². The Bertz CT molecular complexity index is 1170. The Morgan fingerprint density at radius 1 is 0.339 bits per heavy atom. The predicted octanol–water partition coefficient (Wildman–Crippen LogP) is 15.6. The van der Waals surface area contributed by atoms with Crippen LogP contribution < -0.4 is 0 Å². The monoisotopic (exact) mass is 821 g/mol. The molecule has 0 heterocycles. The Labute approximate surface area is 363 Å². The van der Waals surface area contributed by atoms with Gasteiger partial charge in [0.25, 0.3) is 0 Å². The molecule has 0 fully saturated rings. The van der Waals surface area contributed by atoms with Gasteiger partial charge in [-0.05, 0) is 96.3 Å². The number of esters is 3. The van der Waals surface area contributed by atoms with Gasteiger partial charge in [0.05, 0.1) is 0 Å². The van der Waals surface area contributed by atoms with Crippen molar-refractivity contribution in [2.24, 2.45) is 0 Å². The van der Waals surface area contributed by atoms with Crippen molar-refractivity contribution in [3.05, 3.63) is 85.1 Å². The number of allylic oxidation sites excluding steroid dienone is 14. The highest BCUT2D eigenvalue weighted by molar-refractivity contribution is 5.71. The van der Waals surface area contributed by atoms with Crippen molar-refractivity contribution in [1.29, 1.82) is 0 Å². The minimum Gasteiger partial charge on any atom is -0.462 e. The average molecular weight is 821 g/mol. The fourth-order valence-electron chi connectivity index (χ4n) is 6.20. The summed E-state index contributed by atoms with van der Waals surface area (Å²) in [6, 6.07) is 0. The molecule has 0 N–H and O–H groups in total. The summed E-state index contributed by atoms with van der Waals surface area (Å²) in [5, 5.41) is 0. The number of unbranched alkanes of at least 4 members (excludes halogenated alkanes) is 17. The molecule has 0 aromatic heterocycles. The number of ether oxygens (including phenoxy) is 3. The highest BCUT2D eigenvalue weighted by Gasteiger charge is 2.19. The van der Waals surface area contributed by atoms with Crippen LogP contribution in [0.1, 0.15) is 213 Å². The molecule has 0 amide bonds. The molecular weight excluding hydrogens is 733 g/mol. The molecule has 0 aliphatic rings. The molecule has 0 unspecified atom stereocenters. The van der Waals surface area contributed by atoms with Crippen molar-refractivity contribution >= 4 is 17.9 Å². The minimum atomic E-state index is -0.815. The molecule has 0 rings (SSSR count). The average Bonchev–Trinajstić information content (AvgIpc) is 3.23. The van der Waals surface area contributed by atoms with Gasteiger partial charge in [-0.3, -0.25) is 14.4 Å². The molecule has 6 nitrogen and oxygen atoms in total. The molecule has 6 heteroatoms. The lowest BCUT2D eigenvalue weighted by Crippen LogP contribution is -2.30. The van der Waals surface area contributed by atoms with E-state index in [0.29, 0.717) is 19.3 Å². The van der Waals surface area contributed by atoms with Gasteiger partial charge in [0, 0.05) is 19.3 Å². The number of carbonyl (C=O) groups is 3. The van der Waals surface area contributed by atoms with Crippen LogP contribution in [0, 0.1) is 0 Å². The van der Waals surface area contributed by atoms with E-state index in [2.05, 4.69) is 106 Å². The molecule has 0 saturated carbocycles. The summed E-state index contributed by atoms with van der Waals surface area (Å²) >= 11 is 0. The summed E-state index contributed by atoms with van der Waals surface area (Å²) in [6.45, 7) is 6.46. The third-order valence-corrected chi connectivity index (χ3v) is 9.87. The van der Waals surface area contributed by atoms with Crippen molar-refractivity contribution in [3.8, 4) is 0 Å². The molecule has 0 aromatic carbocycles. The topological polar surface area (TPSA) is 78.9 Å². The normalized spacial score (nSPS) is 12.8. The zero-order valence-corrected chi connectivity index (χ0v) is 38.2. The summed E-state index contributed by atoms with van der Waals surface area (Å²) in [7, 11) is 0. The van der Waals surface area contributed by atoms with E-state index in [0.717, 1.165) is 70.6 Å². The van der Waals surface area contributed by atoms with E-state index in [1.807, 2.05) is 0 Å². The van der Waals surface area contributed by atoms with Gasteiger partial charge >= 0.3 is 17.9 Å². The van der Waals surface area contributed by atoms with Crippen LogP contribution in [-0.4, -0.2) is 37.2 Å². The molecule has 59 heavy (non-hydrogen) atoms. The first kappa shape index (κ1) is 55.6. The molecule has 0 aliphatic heterocycles. The Morgan fingerprint density at radius 3 is 1.05 bits per heavy atom. The zero-order valence-electron chi connectivity index (χ0n) is 38.2. The van der Waals surface area contributed by atoms with Crippen LogP contribution in [0.15, 0.2) is 85.1 Å². The van der Waals surface area contributed by atoms with Crippen LogP contribution in [0.25, 0.3) is 0 Å². The van der Waals surface area contributed by atoms with E-state index in [9.17, 15) is 14.4 Å². The highest BCUT2D eigenvalue weighted by atomic mass is 16.6. The molecular formula is C53H88O6. The molecule has 0 radical (unpaired) electrons. The number of hydrogen-bond donors (Lipinski definition) is 0. The third kappa shape index (κ3) is 45.5. The van der Waals surface area contributed by atoms with Crippen molar-refractivity contribution in [2.45, 2.75) is 219 Å². The first-order valence-corrected chi connectivity index (χ1v) is 24.1. The second-order valence-electron chi connectivity index (χ2n) is 15.7. The molecule has 0 saturated heterocycles. The first-order chi connectivity index (χ1) is 29.0. The van der Waals surface area contributed by atoms with E-state index < -0.39 is 6.10 Å². The molecule has 0 aliphatic carbocycles. The molecule has 0 bridgehead atoms. The summed E-state index contributed by atoms with van der Waals surface area (Å²) in [5.41, 5.74) is 0. The summed E-state index contributed by atoms with van der Waals surface area (Å²) < 4.78 is 16.6. The van der Waals surface area contributed by atoms with E-state index in [-0.39, 0.29) is 44.0 Å². The van der Waals surface area contributed by atoms with Gasteiger partial charge in [-0.15, -0.1) is 0 Å². The second kappa shape index (κ2) is 47.3. The number of rotatable bonds is 42. The first-order valence-electron chi connectivity index (χ1n) is 24.1. The smallest absolute Gasteiger partial charge is 0.306 e. The quantitative estimate of drug-likeness (QED) is 0.0264. The Kier molecular flexibility index (Phi) is 44.5. The third-order valence-electron chi connectivity index (χ3n) is 9.87. The van der Waals surface area contributed by atoms with E-state index in [1.165, 1.54) is 89.9 Å². The molecule has 1 atom stereocenters. The Balaban J connectivity index is 4.52. The van der Waals surface area contributed by atoms with Gasteiger partial charge in [0.15, 0.2) is 6.10 Å². The van der Waals surface area contributed by atoms with Crippen LogP contribution in [0.4, 0.5) is 0 Å². The maximum absolute atomic E-state index is 12.7. The fourth-order valence-corrected chi connectivity index (χ4v) is 6.20. The van der Waals surface area contributed by atoms with Crippen LogP contribution in [0.2, 0.25) is 0 Å². The van der Waals surface area contributed by atoms with Gasteiger partial charge in [-0.1, -0.05) is 183 Å². The van der Waals surface area contributed by atoms with Crippen molar-refractivity contribution < 1.29 is 28.6 Å². The lowest BCUT2D eigenvalue weighted by atomic mass is 10.1. The van der Waals surface area contributed by atoms with Crippen LogP contribution in [0.3, 0.4) is 0 Å². The Morgan fingerprint density at radius 2 is 0.627 bits per heavy atom. The molecule has 0 aromatic rings. The van der Waals surface area contributed by atoms with Gasteiger partial charge in [0.1, 0.15) is 13.2 Å². The fraction of sp³-hybridized carbons (Fsp3) is 0.679. The predicted molar refractivity (Wildman–Crippen MR) is 251 cm³/mol. The number of carbonyl (C=O) groups excluding carboxylic acids is 3. The summed E-state index contributed by atoms with van der Waals surface area (Å²) in [5.74, 6) is -1.01. The lowest BCUT2D eigenvalue weighted by molar-refractivity contribution is -0.167. The van der Waals surface area contributed by atoms with E-state index in [4.69, 9.17) is 14.2 Å². The largest absolute Gasteiger partial charge is 0.462 e. The van der Waals surface area contributed by atoms with Crippen molar-refractivity contribution in [1.82, 2.24) is 0 Å². The van der Waals surface area contributed by atoms with Crippen molar-refractivity contribution in [3.63, 3.8) is 0 Å². The van der Waals surface area contributed by atoms with Gasteiger partial charge < -0.3 is 14.2 Å². The SMILES string of the molecule is CCCCC/C=C\C/C=C\C/C=C\C/C=C\CCCC(=O)OC[C@@H](COC(=O)CCCCCCCCCCC)OC(=O)CCCC/C=C\C/C=C\C/C=C\CCCCC. The van der Waals surface area contributed by atoms with Gasteiger partial charge in [0.2, 0.25) is 0 Å². The van der Waals surface area contributed by atoms with E-state index in [1.54, 1.807) is 0 Å². The lowest BCUT2D eigenvalue weighted by Gasteiger charge is -2.18. The summed E-state index contributed by atoms with van der Waals surface area (Å²) in [4.78, 5) is 37.7. The van der Waals surface area contributed by atoms with Crippen molar-refractivity contribution in [2.75, 3.05) is 13.2 Å². The number of hydrogen-bond acceptors (Lipinski definition) is 6.